The molecule has 1 aromatic rings. The summed E-state index contributed by atoms with van der Waals surface area (Å²) in [5.41, 5.74) is 0.238. The lowest BCUT2D eigenvalue weighted by atomic mass is 10.2. The summed E-state index contributed by atoms with van der Waals surface area (Å²) >= 11 is 3.23. The largest absolute Gasteiger partial charge is 0.507 e. The van der Waals surface area contributed by atoms with Crippen molar-refractivity contribution >= 4 is 21.8 Å². The fraction of sp³-hybridized carbons (Fsp3) is 0.182. The van der Waals surface area contributed by atoms with Gasteiger partial charge in [0.25, 0.3) is 5.91 Å². The van der Waals surface area contributed by atoms with Crippen molar-refractivity contribution in [2.75, 3.05) is 6.54 Å². The third-order valence-corrected chi connectivity index (χ3v) is 2.21. The fourth-order valence-electron chi connectivity index (χ4n) is 0.998. The predicted octanol–water partition coefficient (Wildman–Crippen LogP) is 1.91. The second kappa shape index (κ2) is 5.42. The lowest BCUT2D eigenvalue weighted by molar-refractivity contribution is 0.0956. The van der Waals surface area contributed by atoms with Gasteiger partial charge in [-0.15, -0.1) is 5.92 Å². The van der Waals surface area contributed by atoms with E-state index in [0.29, 0.717) is 0 Å². The van der Waals surface area contributed by atoms with Crippen LogP contribution in [0, 0.1) is 11.8 Å². The minimum Gasteiger partial charge on any atom is -0.507 e. The van der Waals surface area contributed by atoms with Gasteiger partial charge in [-0.25, -0.2) is 0 Å². The highest BCUT2D eigenvalue weighted by Gasteiger charge is 2.10. The van der Waals surface area contributed by atoms with Gasteiger partial charge >= 0.3 is 0 Å². The summed E-state index contributed by atoms with van der Waals surface area (Å²) in [7, 11) is 0. The lowest BCUT2D eigenvalue weighted by Gasteiger charge is -2.04. The smallest absolute Gasteiger partial charge is 0.255 e. The van der Waals surface area contributed by atoms with Crippen LogP contribution >= 0.6 is 15.9 Å². The Labute approximate surface area is 96.6 Å². The maximum atomic E-state index is 11.5. The molecule has 1 amide bonds. The van der Waals surface area contributed by atoms with Gasteiger partial charge in [-0.3, -0.25) is 4.79 Å². The molecule has 0 heterocycles. The van der Waals surface area contributed by atoms with Crippen molar-refractivity contribution < 1.29 is 9.90 Å². The Morgan fingerprint density at radius 3 is 3.00 bits per heavy atom. The number of amides is 1. The van der Waals surface area contributed by atoms with E-state index in [4.69, 9.17) is 0 Å². The number of benzene rings is 1. The number of carbonyl (C=O) groups is 1. The number of nitrogens with one attached hydrogen (secondary N) is 1. The predicted molar refractivity (Wildman–Crippen MR) is 61.6 cm³/mol. The van der Waals surface area contributed by atoms with E-state index in [0.717, 1.165) is 4.47 Å². The molecule has 1 rings (SSSR count). The summed E-state index contributed by atoms with van der Waals surface area (Å²) in [6, 6.07) is 4.69. The summed E-state index contributed by atoms with van der Waals surface area (Å²) in [4.78, 5) is 11.5. The number of hydrogen-bond acceptors (Lipinski definition) is 2. The molecule has 0 unspecified atom stereocenters. The van der Waals surface area contributed by atoms with Crippen LogP contribution in [-0.2, 0) is 0 Å². The van der Waals surface area contributed by atoms with Crippen molar-refractivity contribution in [1.82, 2.24) is 5.32 Å². The number of rotatable bonds is 2. The zero-order valence-electron chi connectivity index (χ0n) is 8.17. The number of aromatic hydroxyl groups is 1. The van der Waals surface area contributed by atoms with Crippen molar-refractivity contribution in [3.63, 3.8) is 0 Å². The second-order valence-corrected chi connectivity index (χ2v) is 3.69. The van der Waals surface area contributed by atoms with E-state index in [1.165, 1.54) is 6.07 Å². The first-order chi connectivity index (χ1) is 7.15. The van der Waals surface area contributed by atoms with Gasteiger partial charge in [0.1, 0.15) is 5.75 Å². The zero-order chi connectivity index (χ0) is 11.3. The number of hydrogen-bond donors (Lipinski definition) is 2. The first-order valence-corrected chi connectivity index (χ1v) is 5.10. The monoisotopic (exact) mass is 267 g/mol. The molecule has 2 N–H and O–H groups in total. The average molecular weight is 268 g/mol. The first-order valence-electron chi connectivity index (χ1n) is 4.31. The quantitative estimate of drug-likeness (QED) is 0.805. The summed E-state index contributed by atoms with van der Waals surface area (Å²) < 4.78 is 0.743. The second-order valence-electron chi connectivity index (χ2n) is 2.77. The van der Waals surface area contributed by atoms with Gasteiger partial charge in [-0.05, 0) is 25.1 Å². The minimum absolute atomic E-state index is 0.0415. The Bertz CT molecular complexity index is 432. The van der Waals surface area contributed by atoms with Crippen LogP contribution in [0.4, 0.5) is 0 Å². The summed E-state index contributed by atoms with van der Waals surface area (Å²) in [6.07, 6.45) is 0. The molecule has 15 heavy (non-hydrogen) atoms. The lowest BCUT2D eigenvalue weighted by Crippen LogP contribution is -2.23. The summed E-state index contributed by atoms with van der Waals surface area (Å²) in [6.45, 7) is 1.98. The van der Waals surface area contributed by atoms with Crippen molar-refractivity contribution in [3.8, 4) is 17.6 Å². The molecule has 4 heteroatoms. The number of halogens is 1. The van der Waals surface area contributed by atoms with E-state index < -0.39 is 0 Å². The van der Waals surface area contributed by atoms with Crippen molar-refractivity contribution in [2.45, 2.75) is 6.92 Å². The molecule has 0 aromatic heterocycles. The van der Waals surface area contributed by atoms with Crippen LogP contribution in [0.2, 0.25) is 0 Å². The highest BCUT2D eigenvalue weighted by Crippen LogP contribution is 2.21. The molecule has 0 spiro atoms. The molecule has 0 radical (unpaired) electrons. The fourth-order valence-corrected chi connectivity index (χ4v) is 1.36. The molecule has 1 aromatic carbocycles. The van der Waals surface area contributed by atoms with Crippen LogP contribution < -0.4 is 5.32 Å². The maximum absolute atomic E-state index is 11.5. The van der Waals surface area contributed by atoms with Crippen molar-refractivity contribution in [1.29, 1.82) is 0 Å². The molecule has 0 atom stereocenters. The Kier molecular flexibility index (Phi) is 4.19. The van der Waals surface area contributed by atoms with Crippen LogP contribution in [0.25, 0.3) is 0 Å². The topological polar surface area (TPSA) is 49.3 Å². The third kappa shape index (κ3) is 3.30. The Morgan fingerprint density at radius 2 is 2.33 bits per heavy atom. The van der Waals surface area contributed by atoms with Gasteiger partial charge in [0, 0.05) is 4.47 Å². The van der Waals surface area contributed by atoms with Gasteiger partial charge in [0.15, 0.2) is 0 Å². The summed E-state index contributed by atoms with van der Waals surface area (Å²) in [5, 5.41) is 12.0. The molecule has 0 fully saturated rings. The van der Waals surface area contributed by atoms with E-state index in [1.807, 2.05) is 0 Å². The van der Waals surface area contributed by atoms with Gasteiger partial charge in [0.05, 0.1) is 12.1 Å². The average Bonchev–Trinajstić information content (AvgIpc) is 2.22. The zero-order valence-corrected chi connectivity index (χ0v) is 9.76. The summed E-state index contributed by atoms with van der Waals surface area (Å²) in [5.74, 6) is 4.99. The Balaban J connectivity index is 2.80. The Morgan fingerprint density at radius 1 is 1.60 bits per heavy atom. The molecular formula is C11H10BrNO2. The van der Waals surface area contributed by atoms with Gasteiger partial charge in [-0.2, -0.15) is 0 Å². The minimum atomic E-state index is -0.337. The molecule has 0 saturated carbocycles. The Hall–Kier alpha value is -1.47. The standard InChI is InChI=1S/C11H10BrNO2/c1-2-3-6-13-11(15)9-7-8(12)4-5-10(9)14/h4-5,7,14H,6H2,1H3,(H,13,15). The van der Waals surface area contributed by atoms with Crippen LogP contribution in [0.3, 0.4) is 0 Å². The van der Waals surface area contributed by atoms with Gasteiger partial charge in [0.2, 0.25) is 0 Å². The van der Waals surface area contributed by atoms with E-state index in [2.05, 4.69) is 33.1 Å². The van der Waals surface area contributed by atoms with Crippen LogP contribution in [-0.4, -0.2) is 17.6 Å². The van der Waals surface area contributed by atoms with Crippen LogP contribution in [0.5, 0.6) is 5.75 Å². The van der Waals surface area contributed by atoms with Crippen LogP contribution in [0.1, 0.15) is 17.3 Å². The molecular weight excluding hydrogens is 258 g/mol. The molecule has 0 saturated heterocycles. The first kappa shape index (κ1) is 11.6. The van der Waals surface area contributed by atoms with Crippen molar-refractivity contribution in [3.05, 3.63) is 28.2 Å². The van der Waals surface area contributed by atoms with Gasteiger partial charge < -0.3 is 10.4 Å². The van der Waals surface area contributed by atoms with E-state index >= 15 is 0 Å². The molecule has 0 bridgehead atoms. The van der Waals surface area contributed by atoms with E-state index in [-0.39, 0.29) is 23.8 Å². The third-order valence-electron chi connectivity index (χ3n) is 1.72. The SMILES string of the molecule is CC#CCNC(=O)c1cc(Br)ccc1O. The molecule has 0 aliphatic carbocycles. The molecule has 78 valence electrons. The molecule has 0 aliphatic rings. The van der Waals surface area contributed by atoms with Crippen LogP contribution in [0.15, 0.2) is 22.7 Å². The normalized spacial score (nSPS) is 8.93. The molecule has 0 aliphatic heterocycles. The highest BCUT2D eigenvalue weighted by atomic mass is 79.9. The van der Waals surface area contributed by atoms with E-state index in [9.17, 15) is 9.90 Å². The number of phenolic OH excluding ortho intramolecular Hbond substituents is 1. The molecule has 3 nitrogen and oxygen atoms in total. The number of phenols is 1. The highest BCUT2D eigenvalue weighted by molar-refractivity contribution is 9.10. The van der Waals surface area contributed by atoms with Crippen molar-refractivity contribution in [2.24, 2.45) is 0 Å². The maximum Gasteiger partial charge on any atom is 0.255 e. The van der Waals surface area contributed by atoms with Gasteiger partial charge in [-0.1, -0.05) is 21.9 Å². The number of carbonyl (C=O) groups excluding carboxylic acids is 1. The van der Waals surface area contributed by atoms with E-state index in [1.54, 1.807) is 19.1 Å².